The molecule has 3 atom stereocenters. The molecule has 154 valence electrons. The summed E-state index contributed by atoms with van der Waals surface area (Å²) in [6, 6.07) is 4.24. The SMILES string of the molecule is COCC(=O)N1[C@H]2CCCCC(=O)N[C@@]2(C)C[C@H]1c1cccc(C(F)(F)F)c1. The second kappa shape index (κ2) is 7.73. The number of carbonyl (C=O) groups is 2. The molecule has 5 nitrogen and oxygen atoms in total. The number of alkyl halides is 3. The van der Waals surface area contributed by atoms with E-state index in [-0.39, 0.29) is 24.5 Å². The maximum Gasteiger partial charge on any atom is 0.416 e. The van der Waals surface area contributed by atoms with E-state index in [1.807, 2.05) is 6.92 Å². The number of fused-ring (bicyclic) bond motifs is 1. The number of carbonyl (C=O) groups excluding carboxylic acids is 2. The van der Waals surface area contributed by atoms with E-state index in [1.54, 1.807) is 11.0 Å². The van der Waals surface area contributed by atoms with Crippen molar-refractivity contribution in [1.29, 1.82) is 0 Å². The second-order valence-electron chi connectivity index (χ2n) is 7.80. The van der Waals surface area contributed by atoms with Crippen LogP contribution in [0.25, 0.3) is 0 Å². The molecule has 1 aromatic carbocycles. The lowest BCUT2D eigenvalue weighted by molar-refractivity contribution is -0.139. The van der Waals surface area contributed by atoms with Gasteiger partial charge < -0.3 is 15.0 Å². The Labute approximate surface area is 162 Å². The molecule has 28 heavy (non-hydrogen) atoms. The zero-order valence-electron chi connectivity index (χ0n) is 16.0. The Morgan fingerprint density at radius 1 is 1.36 bits per heavy atom. The second-order valence-corrected chi connectivity index (χ2v) is 7.80. The highest BCUT2D eigenvalue weighted by atomic mass is 19.4. The van der Waals surface area contributed by atoms with Crippen LogP contribution in [-0.2, 0) is 20.5 Å². The van der Waals surface area contributed by atoms with E-state index in [1.165, 1.54) is 13.2 Å². The van der Waals surface area contributed by atoms with E-state index in [0.29, 0.717) is 24.8 Å². The normalized spacial score (nSPS) is 28.3. The first kappa shape index (κ1) is 20.6. The van der Waals surface area contributed by atoms with E-state index >= 15 is 0 Å². The average molecular weight is 398 g/mol. The van der Waals surface area contributed by atoms with Crippen LogP contribution in [0.3, 0.4) is 0 Å². The van der Waals surface area contributed by atoms with Crippen molar-refractivity contribution < 1.29 is 27.5 Å². The van der Waals surface area contributed by atoms with Crippen LogP contribution in [0, 0.1) is 0 Å². The number of ether oxygens (including phenoxy) is 1. The molecule has 2 saturated heterocycles. The number of nitrogens with zero attached hydrogens (tertiary/aromatic N) is 1. The van der Waals surface area contributed by atoms with Gasteiger partial charge in [0.2, 0.25) is 11.8 Å². The van der Waals surface area contributed by atoms with Crippen LogP contribution in [-0.4, -0.2) is 42.0 Å². The molecule has 1 N–H and O–H groups in total. The van der Waals surface area contributed by atoms with Crippen molar-refractivity contribution >= 4 is 11.8 Å². The number of hydrogen-bond donors (Lipinski definition) is 1. The third kappa shape index (κ3) is 4.01. The molecule has 2 aliphatic rings. The molecule has 2 amide bonds. The summed E-state index contributed by atoms with van der Waals surface area (Å²) < 4.78 is 44.6. The third-order valence-corrected chi connectivity index (χ3v) is 5.74. The first-order chi connectivity index (χ1) is 13.2. The summed E-state index contributed by atoms with van der Waals surface area (Å²) in [5, 5.41) is 3.03. The van der Waals surface area contributed by atoms with E-state index in [2.05, 4.69) is 5.32 Å². The van der Waals surface area contributed by atoms with Crippen LogP contribution in [0.4, 0.5) is 13.2 Å². The van der Waals surface area contributed by atoms with Crippen LogP contribution in [0.2, 0.25) is 0 Å². The number of halogens is 3. The fourth-order valence-electron chi connectivity index (χ4n) is 4.50. The Balaban J connectivity index is 2.03. The molecule has 2 fully saturated rings. The fourth-order valence-corrected chi connectivity index (χ4v) is 4.50. The Hall–Kier alpha value is -2.09. The quantitative estimate of drug-likeness (QED) is 0.849. The van der Waals surface area contributed by atoms with Crippen molar-refractivity contribution in [3.8, 4) is 0 Å². The predicted octanol–water partition coefficient (Wildman–Crippen LogP) is 3.44. The maximum absolute atomic E-state index is 13.2. The number of amides is 2. The number of rotatable bonds is 3. The molecule has 0 aliphatic carbocycles. The smallest absolute Gasteiger partial charge is 0.375 e. The van der Waals surface area contributed by atoms with Gasteiger partial charge >= 0.3 is 6.18 Å². The minimum absolute atomic E-state index is 0.0870. The van der Waals surface area contributed by atoms with Gasteiger partial charge in [-0.25, -0.2) is 0 Å². The van der Waals surface area contributed by atoms with Gasteiger partial charge in [-0.05, 0) is 43.9 Å². The number of benzene rings is 1. The summed E-state index contributed by atoms with van der Waals surface area (Å²) in [5.74, 6) is -0.371. The van der Waals surface area contributed by atoms with Crippen LogP contribution >= 0.6 is 0 Å². The Morgan fingerprint density at radius 2 is 2.11 bits per heavy atom. The highest BCUT2D eigenvalue weighted by Gasteiger charge is 2.52. The third-order valence-electron chi connectivity index (χ3n) is 5.74. The van der Waals surface area contributed by atoms with Crippen molar-refractivity contribution in [3.63, 3.8) is 0 Å². The monoisotopic (exact) mass is 398 g/mol. The summed E-state index contributed by atoms with van der Waals surface area (Å²) in [5.41, 5.74) is -1.02. The first-order valence-electron chi connectivity index (χ1n) is 9.44. The van der Waals surface area contributed by atoms with Crippen molar-refractivity contribution in [2.24, 2.45) is 0 Å². The van der Waals surface area contributed by atoms with Gasteiger partial charge in [-0.15, -0.1) is 0 Å². The standard InChI is InChI=1S/C20H25F3N2O3/c1-19-11-15(13-6-5-7-14(10-13)20(21,22)23)25(18(27)12-28-2)16(19)8-3-4-9-17(26)24-19/h5-7,10,15-16H,3-4,8-9,11-12H2,1-2H3,(H,24,26)/t15-,16-,19-/m0/s1. The van der Waals surface area contributed by atoms with Gasteiger partial charge in [0.1, 0.15) is 6.61 Å². The molecule has 1 aromatic rings. The van der Waals surface area contributed by atoms with Gasteiger partial charge in [-0.2, -0.15) is 13.2 Å². The van der Waals surface area contributed by atoms with Gasteiger partial charge in [0.05, 0.1) is 23.2 Å². The average Bonchev–Trinajstić information content (AvgIpc) is 2.88. The molecule has 2 aliphatic heterocycles. The lowest BCUT2D eigenvalue weighted by atomic mass is 9.85. The van der Waals surface area contributed by atoms with E-state index in [4.69, 9.17) is 4.74 Å². The number of hydrogen-bond acceptors (Lipinski definition) is 3. The van der Waals surface area contributed by atoms with Crippen LogP contribution in [0.15, 0.2) is 24.3 Å². The zero-order valence-corrected chi connectivity index (χ0v) is 16.0. The van der Waals surface area contributed by atoms with Crippen molar-refractivity contribution in [3.05, 3.63) is 35.4 Å². The van der Waals surface area contributed by atoms with Crippen molar-refractivity contribution in [2.75, 3.05) is 13.7 Å². The van der Waals surface area contributed by atoms with Crippen molar-refractivity contribution in [2.45, 2.75) is 62.8 Å². The lowest BCUT2D eigenvalue weighted by Gasteiger charge is -2.38. The summed E-state index contributed by atoms with van der Waals surface area (Å²) in [7, 11) is 1.41. The molecule has 2 heterocycles. The number of nitrogens with one attached hydrogen (secondary N) is 1. The largest absolute Gasteiger partial charge is 0.416 e. The minimum atomic E-state index is -4.46. The fraction of sp³-hybridized carbons (Fsp3) is 0.600. The van der Waals surface area contributed by atoms with Crippen molar-refractivity contribution in [1.82, 2.24) is 10.2 Å². The van der Waals surface area contributed by atoms with Crippen LogP contribution in [0.1, 0.15) is 56.2 Å². The summed E-state index contributed by atoms with van der Waals surface area (Å²) in [6.07, 6.45) is -1.50. The Bertz CT molecular complexity index is 752. The van der Waals surface area contributed by atoms with E-state index in [0.717, 1.165) is 25.0 Å². The molecule has 0 unspecified atom stereocenters. The summed E-state index contributed by atoms with van der Waals surface area (Å²) >= 11 is 0. The molecule has 0 saturated carbocycles. The molecular formula is C20H25F3N2O3. The molecule has 0 bridgehead atoms. The molecular weight excluding hydrogens is 373 g/mol. The van der Waals surface area contributed by atoms with E-state index in [9.17, 15) is 22.8 Å². The van der Waals surface area contributed by atoms with Gasteiger partial charge in [0, 0.05) is 13.5 Å². The van der Waals surface area contributed by atoms with E-state index < -0.39 is 23.3 Å². The molecule has 0 spiro atoms. The van der Waals surface area contributed by atoms with Gasteiger partial charge in [0.15, 0.2) is 0 Å². The highest BCUT2D eigenvalue weighted by molar-refractivity contribution is 5.80. The Kier molecular flexibility index (Phi) is 5.70. The first-order valence-corrected chi connectivity index (χ1v) is 9.44. The highest BCUT2D eigenvalue weighted by Crippen LogP contribution is 2.45. The van der Waals surface area contributed by atoms with Gasteiger partial charge in [-0.3, -0.25) is 9.59 Å². The number of likely N-dealkylation sites (tertiary alicyclic amines) is 1. The number of methoxy groups -OCH3 is 1. The predicted molar refractivity (Wildman–Crippen MR) is 96.3 cm³/mol. The van der Waals surface area contributed by atoms with Crippen LogP contribution in [0.5, 0.6) is 0 Å². The van der Waals surface area contributed by atoms with Gasteiger partial charge in [0.25, 0.3) is 0 Å². The maximum atomic E-state index is 13.2. The topological polar surface area (TPSA) is 58.6 Å². The molecule has 3 rings (SSSR count). The molecule has 0 radical (unpaired) electrons. The minimum Gasteiger partial charge on any atom is -0.375 e. The summed E-state index contributed by atoms with van der Waals surface area (Å²) in [4.78, 5) is 26.7. The Morgan fingerprint density at radius 3 is 2.79 bits per heavy atom. The van der Waals surface area contributed by atoms with Crippen LogP contribution < -0.4 is 5.32 Å². The zero-order chi connectivity index (χ0) is 20.5. The molecule has 8 heteroatoms. The molecule has 0 aromatic heterocycles. The van der Waals surface area contributed by atoms with Gasteiger partial charge in [-0.1, -0.05) is 18.6 Å². The lowest BCUT2D eigenvalue weighted by Crippen LogP contribution is -2.56. The summed E-state index contributed by atoms with van der Waals surface area (Å²) in [6.45, 7) is 1.72.